The van der Waals surface area contributed by atoms with Crippen LogP contribution in [-0.4, -0.2) is 20.2 Å². The van der Waals surface area contributed by atoms with Crippen molar-refractivity contribution in [3.8, 4) is 0 Å². The van der Waals surface area contributed by atoms with Gasteiger partial charge < -0.3 is 5.32 Å². The van der Waals surface area contributed by atoms with Gasteiger partial charge in [-0.25, -0.2) is 8.42 Å². The smallest absolute Gasteiger partial charge is 0.232 e. The Balaban J connectivity index is 1.97. The molecule has 0 radical (unpaired) electrons. The van der Waals surface area contributed by atoms with E-state index in [2.05, 4.69) is 10.0 Å². The van der Waals surface area contributed by atoms with Crippen molar-refractivity contribution in [1.29, 1.82) is 0 Å². The van der Waals surface area contributed by atoms with Gasteiger partial charge in [-0.15, -0.1) is 0 Å². The minimum atomic E-state index is -3.19. The summed E-state index contributed by atoms with van der Waals surface area (Å²) in [5, 5.41) is 3.41. The van der Waals surface area contributed by atoms with Crippen LogP contribution in [0.4, 0.5) is 5.69 Å². The van der Waals surface area contributed by atoms with E-state index < -0.39 is 10.0 Å². The van der Waals surface area contributed by atoms with E-state index in [4.69, 9.17) is 0 Å². The maximum atomic E-state index is 11.7. The summed E-state index contributed by atoms with van der Waals surface area (Å²) in [6.07, 6.45) is 3.13. The molecule has 2 rings (SSSR count). The van der Waals surface area contributed by atoms with E-state index in [0.717, 1.165) is 12.1 Å². The summed E-state index contributed by atoms with van der Waals surface area (Å²) in [4.78, 5) is 0. The Morgan fingerprint density at radius 2 is 2.11 bits per heavy atom. The second kappa shape index (κ2) is 5.71. The molecule has 0 aromatic heterocycles. The Hall–Kier alpha value is -1.07. The topological polar surface area (TPSA) is 58.2 Å². The number of nitrogens with one attached hydrogen (secondary N) is 2. The van der Waals surface area contributed by atoms with Crippen LogP contribution in [0, 0.1) is 0 Å². The quantitative estimate of drug-likeness (QED) is 0.796. The molecular formula is C13H20N2O2S. The number of benzene rings is 1. The standard InChI is InChI=1S/C13H20N2O2S/c1-2-8-18(16,17)15-13-5-3-4-11(9-13)10-14-12-6-7-12/h3-5,9,12,14-15H,2,6-8,10H2,1H3. The normalized spacial score (nSPS) is 15.6. The largest absolute Gasteiger partial charge is 0.310 e. The van der Waals surface area contributed by atoms with Gasteiger partial charge in [-0.3, -0.25) is 4.72 Å². The van der Waals surface area contributed by atoms with Gasteiger partial charge in [-0.05, 0) is 37.0 Å². The second-order valence-corrected chi connectivity index (χ2v) is 6.62. The highest BCUT2D eigenvalue weighted by molar-refractivity contribution is 7.92. The van der Waals surface area contributed by atoms with Gasteiger partial charge in [0.25, 0.3) is 0 Å². The first-order chi connectivity index (χ1) is 8.59. The Kier molecular flexibility index (Phi) is 4.24. The molecule has 5 heteroatoms. The highest BCUT2D eigenvalue weighted by Gasteiger charge is 2.19. The molecule has 1 aromatic carbocycles. The summed E-state index contributed by atoms with van der Waals surface area (Å²) in [7, 11) is -3.19. The summed E-state index contributed by atoms with van der Waals surface area (Å²) >= 11 is 0. The van der Waals surface area contributed by atoms with Gasteiger partial charge in [0.15, 0.2) is 0 Å². The summed E-state index contributed by atoms with van der Waals surface area (Å²) in [5.41, 5.74) is 1.76. The van der Waals surface area contributed by atoms with Crippen LogP contribution in [-0.2, 0) is 16.6 Å². The number of sulfonamides is 1. The van der Waals surface area contributed by atoms with Gasteiger partial charge in [0.05, 0.1) is 5.75 Å². The zero-order valence-corrected chi connectivity index (χ0v) is 11.5. The number of hydrogen-bond acceptors (Lipinski definition) is 3. The van der Waals surface area contributed by atoms with E-state index in [1.807, 2.05) is 25.1 Å². The maximum absolute atomic E-state index is 11.7. The number of rotatable bonds is 7. The fraction of sp³-hybridized carbons (Fsp3) is 0.538. The van der Waals surface area contributed by atoms with E-state index in [-0.39, 0.29) is 5.75 Å². The zero-order valence-electron chi connectivity index (χ0n) is 10.6. The summed E-state index contributed by atoms with van der Waals surface area (Å²) in [6.45, 7) is 2.66. The van der Waals surface area contributed by atoms with Crippen molar-refractivity contribution in [2.75, 3.05) is 10.5 Å². The first-order valence-corrected chi connectivity index (χ1v) is 8.07. The van der Waals surface area contributed by atoms with Crippen molar-refractivity contribution in [2.24, 2.45) is 0 Å². The molecule has 2 N–H and O–H groups in total. The molecule has 1 aliphatic rings. The molecule has 0 unspecified atom stereocenters. The predicted molar refractivity (Wildman–Crippen MR) is 74.0 cm³/mol. The van der Waals surface area contributed by atoms with Crippen LogP contribution in [0.15, 0.2) is 24.3 Å². The molecule has 1 aromatic rings. The Morgan fingerprint density at radius 1 is 1.33 bits per heavy atom. The van der Waals surface area contributed by atoms with Crippen LogP contribution in [0.25, 0.3) is 0 Å². The van der Waals surface area contributed by atoms with Crippen LogP contribution < -0.4 is 10.0 Å². The third-order valence-electron chi connectivity index (χ3n) is 2.85. The van der Waals surface area contributed by atoms with Crippen LogP contribution in [0.2, 0.25) is 0 Å². The lowest BCUT2D eigenvalue weighted by molar-refractivity contribution is 0.600. The summed E-state index contributed by atoms with van der Waals surface area (Å²) in [6, 6.07) is 8.22. The molecule has 1 aliphatic carbocycles. The fourth-order valence-corrected chi connectivity index (χ4v) is 2.92. The van der Waals surface area contributed by atoms with Crippen molar-refractivity contribution in [1.82, 2.24) is 5.32 Å². The van der Waals surface area contributed by atoms with Gasteiger partial charge in [0.1, 0.15) is 0 Å². The molecule has 0 atom stereocenters. The van der Waals surface area contributed by atoms with Crippen molar-refractivity contribution in [2.45, 2.75) is 38.8 Å². The summed E-state index contributed by atoms with van der Waals surface area (Å²) in [5.74, 6) is 0.164. The maximum Gasteiger partial charge on any atom is 0.232 e. The Labute approximate surface area is 109 Å². The highest BCUT2D eigenvalue weighted by atomic mass is 32.2. The van der Waals surface area contributed by atoms with Crippen LogP contribution in [0.1, 0.15) is 31.7 Å². The van der Waals surface area contributed by atoms with E-state index in [9.17, 15) is 8.42 Å². The Morgan fingerprint density at radius 3 is 2.78 bits per heavy atom. The molecule has 0 amide bonds. The minimum Gasteiger partial charge on any atom is -0.310 e. The molecule has 0 aliphatic heterocycles. The Bertz CT molecular complexity index is 495. The monoisotopic (exact) mass is 268 g/mol. The molecule has 4 nitrogen and oxygen atoms in total. The lowest BCUT2D eigenvalue weighted by Crippen LogP contribution is -2.17. The van der Waals surface area contributed by atoms with Gasteiger partial charge in [0.2, 0.25) is 10.0 Å². The minimum absolute atomic E-state index is 0.164. The zero-order chi connectivity index (χ0) is 13.0. The molecule has 100 valence electrons. The van der Waals surface area contributed by atoms with E-state index >= 15 is 0 Å². The number of hydrogen-bond donors (Lipinski definition) is 2. The third kappa shape index (κ3) is 4.31. The molecular weight excluding hydrogens is 248 g/mol. The molecule has 1 saturated carbocycles. The number of anilines is 1. The van der Waals surface area contributed by atoms with Gasteiger partial charge in [0, 0.05) is 18.3 Å². The van der Waals surface area contributed by atoms with Crippen LogP contribution in [0.3, 0.4) is 0 Å². The first kappa shape index (κ1) is 13.4. The highest BCUT2D eigenvalue weighted by Crippen LogP contribution is 2.20. The van der Waals surface area contributed by atoms with E-state index in [0.29, 0.717) is 18.2 Å². The average molecular weight is 268 g/mol. The molecule has 0 spiro atoms. The van der Waals surface area contributed by atoms with Gasteiger partial charge >= 0.3 is 0 Å². The van der Waals surface area contributed by atoms with Crippen LogP contribution in [0.5, 0.6) is 0 Å². The third-order valence-corrected chi connectivity index (χ3v) is 4.34. The van der Waals surface area contributed by atoms with E-state index in [1.54, 1.807) is 6.07 Å². The first-order valence-electron chi connectivity index (χ1n) is 6.42. The molecule has 0 saturated heterocycles. The average Bonchev–Trinajstić information content (AvgIpc) is 3.09. The van der Waals surface area contributed by atoms with Crippen LogP contribution >= 0.6 is 0 Å². The van der Waals surface area contributed by atoms with Crippen molar-refractivity contribution in [3.05, 3.63) is 29.8 Å². The molecule has 1 fully saturated rings. The lowest BCUT2D eigenvalue weighted by Gasteiger charge is -2.09. The molecule has 0 heterocycles. The fourth-order valence-electron chi connectivity index (χ4n) is 1.79. The van der Waals surface area contributed by atoms with E-state index in [1.165, 1.54) is 12.8 Å². The molecule has 18 heavy (non-hydrogen) atoms. The van der Waals surface area contributed by atoms with Gasteiger partial charge in [-0.1, -0.05) is 19.1 Å². The lowest BCUT2D eigenvalue weighted by atomic mass is 10.2. The SMILES string of the molecule is CCCS(=O)(=O)Nc1cccc(CNC2CC2)c1. The summed E-state index contributed by atoms with van der Waals surface area (Å²) < 4.78 is 25.9. The molecule has 0 bridgehead atoms. The second-order valence-electron chi connectivity index (χ2n) is 4.78. The van der Waals surface area contributed by atoms with Gasteiger partial charge in [-0.2, -0.15) is 0 Å². The van der Waals surface area contributed by atoms with Crippen molar-refractivity contribution in [3.63, 3.8) is 0 Å². The predicted octanol–water partition coefficient (Wildman–Crippen LogP) is 2.09. The van der Waals surface area contributed by atoms with Crippen molar-refractivity contribution < 1.29 is 8.42 Å². The van der Waals surface area contributed by atoms with Crippen molar-refractivity contribution >= 4 is 15.7 Å².